The van der Waals surface area contributed by atoms with Gasteiger partial charge in [-0.3, -0.25) is 4.79 Å². The van der Waals surface area contributed by atoms with Gasteiger partial charge in [0.25, 0.3) is 0 Å². The lowest BCUT2D eigenvalue weighted by atomic mass is 9.98. The van der Waals surface area contributed by atoms with E-state index in [9.17, 15) is 13.2 Å². The molecular weight excluding hydrogens is 462 g/mol. The molecular formula is C24H21NO4S3. The quantitative estimate of drug-likeness (QED) is 0.221. The summed E-state index contributed by atoms with van der Waals surface area (Å²) in [6.07, 6.45) is -0.00303. The van der Waals surface area contributed by atoms with E-state index in [0.717, 1.165) is 21.0 Å². The number of hydrogen-bond acceptors (Lipinski definition) is 7. The van der Waals surface area contributed by atoms with Gasteiger partial charge in [-0.2, -0.15) is 4.99 Å². The number of isothiocyanates is 1. The Labute approximate surface area is 197 Å². The molecule has 3 aromatic carbocycles. The molecule has 0 amide bonds. The molecule has 3 aromatic rings. The number of methoxy groups -OCH3 is 1. The van der Waals surface area contributed by atoms with Gasteiger partial charge in [0.05, 0.1) is 35.0 Å². The van der Waals surface area contributed by atoms with Crippen LogP contribution in [-0.2, 0) is 19.4 Å². The Morgan fingerprint density at radius 2 is 1.59 bits per heavy atom. The van der Waals surface area contributed by atoms with Gasteiger partial charge in [-0.05, 0) is 66.3 Å². The molecule has 1 unspecified atom stereocenters. The highest BCUT2D eigenvalue weighted by Crippen LogP contribution is 2.31. The van der Waals surface area contributed by atoms with Crippen LogP contribution in [0.1, 0.15) is 17.9 Å². The van der Waals surface area contributed by atoms with Crippen LogP contribution in [0.3, 0.4) is 0 Å². The number of hydrogen-bond donors (Lipinski definition) is 0. The van der Waals surface area contributed by atoms with Crippen molar-refractivity contribution in [3.05, 3.63) is 84.4 Å². The molecule has 0 spiro atoms. The normalized spacial score (nSPS) is 11.9. The van der Waals surface area contributed by atoms with Gasteiger partial charge in [0, 0.05) is 15.7 Å². The van der Waals surface area contributed by atoms with E-state index in [1.54, 1.807) is 24.3 Å². The molecule has 0 aliphatic rings. The van der Waals surface area contributed by atoms with Gasteiger partial charge >= 0.3 is 5.97 Å². The number of sulfone groups is 1. The fourth-order valence-electron chi connectivity index (χ4n) is 3.14. The van der Waals surface area contributed by atoms with Crippen molar-refractivity contribution in [3.8, 4) is 0 Å². The summed E-state index contributed by atoms with van der Waals surface area (Å²) < 4.78 is 30.9. The monoisotopic (exact) mass is 483 g/mol. The van der Waals surface area contributed by atoms with Crippen LogP contribution in [-0.4, -0.2) is 32.4 Å². The van der Waals surface area contributed by atoms with Crippen molar-refractivity contribution in [2.24, 2.45) is 4.99 Å². The zero-order valence-electron chi connectivity index (χ0n) is 17.3. The van der Waals surface area contributed by atoms with Crippen molar-refractivity contribution in [1.82, 2.24) is 0 Å². The molecule has 0 saturated heterocycles. The Balaban J connectivity index is 1.75. The summed E-state index contributed by atoms with van der Waals surface area (Å²) in [5, 5.41) is 2.33. The number of nitrogens with zero attached hydrogens (tertiary/aromatic N) is 1. The molecule has 0 heterocycles. The topological polar surface area (TPSA) is 72.8 Å². The molecule has 0 aliphatic carbocycles. The van der Waals surface area contributed by atoms with Crippen molar-refractivity contribution in [1.29, 1.82) is 0 Å². The SMILES string of the molecule is COC(=O)CC(CS(=O)(=O)c1ccc(Sc2ccc(N=C=S)cc2)cc1)c1ccccc1. The average Bonchev–Trinajstić information content (AvgIpc) is 2.81. The first-order valence-electron chi connectivity index (χ1n) is 9.71. The number of thiocarbonyl (C=S) groups is 1. The molecule has 5 nitrogen and oxygen atoms in total. The average molecular weight is 484 g/mol. The summed E-state index contributed by atoms with van der Waals surface area (Å²) in [5.74, 6) is -1.11. The number of carbonyl (C=O) groups is 1. The van der Waals surface area contributed by atoms with Crippen LogP contribution < -0.4 is 0 Å². The van der Waals surface area contributed by atoms with E-state index in [1.165, 1.54) is 18.9 Å². The maximum atomic E-state index is 13.1. The summed E-state index contributed by atoms with van der Waals surface area (Å²) in [5.41, 5.74) is 1.51. The lowest BCUT2D eigenvalue weighted by Gasteiger charge is -2.17. The Morgan fingerprint density at radius 1 is 1.00 bits per heavy atom. The van der Waals surface area contributed by atoms with Crippen molar-refractivity contribution >= 4 is 50.6 Å². The molecule has 0 fully saturated rings. The van der Waals surface area contributed by atoms with Crippen molar-refractivity contribution in [2.45, 2.75) is 27.0 Å². The Hall–Kier alpha value is -2.77. The molecule has 0 radical (unpaired) electrons. The molecule has 164 valence electrons. The van der Waals surface area contributed by atoms with Crippen LogP contribution in [0, 0.1) is 0 Å². The van der Waals surface area contributed by atoms with E-state index in [-0.39, 0.29) is 17.1 Å². The molecule has 0 saturated carbocycles. The van der Waals surface area contributed by atoms with Crippen LogP contribution in [0.15, 0.2) is 98.5 Å². The fraction of sp³-hybridized carbons (Fsp3) is 0.167. The van der Waals surface area contributed by atoms with Gasteiger partial charge in [-0.25, -0.2) is 8.42 Å². The number of aliphatic imine (C=N–C) groups is 1. The number of rotatable bonds is 9. The van der Waals surface area contributed by atoms with Gasteiger partial charge in [0.2, 0.25) is 0 Å². The third-order valence-electron chi connectivity index (χ3n) is 4.76. The first-order chi connectivity index (χ1) is 15.4. The van der Waals surface area contributed by atoms with Crippen LogP contribution in [0.4, 0.5) is 5.69 Å². The summed E-state index contributed by atoms with van der Waals surface area (Å²) in [7, 11) is -2.31. The van der Waals surface area contributed by atoms with Crippen LogP contribution in [0.25, 0.3) is 0 Å². The predicted molar refractivity (Wildman–Crippen MR) is 130 cm³/mol. The highest BCUT2D eigenvalue weighted by atomic mass is 32.2. The van der Waals surface area contributed by atoms with E-state index in [2.05, 4.69) is 22.4 Å². The summed E-state index contributed by atoms with van der Waals surface area (Å²) >= 11 is 6.11. The van der Waals surface area contributed by atoms with Crippen LogP contribution >= 0.6 is 24.0 Å². The largest absolute Gasteiger partial charge is 0.469 e. The predicted octanol–water partition coefficient (Wildman–Crippen LogP) is 5.69. The second kappa shape index (κ2) is 11.2. The third kappa shape index (κ3) is 6.61. The number of carbonyl (C=O) groups excluding carboxylic acids is 1. The molecule has 1 atom stereocenters. The summed E-state index contributed by atoms with van der Waals surface area (Å²) in [4.78, 5) is 17.9. The summed E-state index contributed by atoms with van der Waals surface area (Å²) in [6.45, 7) is 0. The van der Waals surface area contributed by atoms with E-state index in [0.29, 0.717) is 0 Å². The third-order valence-corrected chi connectivity index (χ3v) is 7.70. The second-order valence-corrected chi connectivity index (χ2v) is 10.3. The Morgan fingerprint density at radius 3 is 2.16 bits per heavy atom. The van der Waals surface area contributed by atoms with Gasteiger partial charge < -0.3 is 4.74 Å². The zero-order valence-corrected chi connectivity index (χ0v) is 19.8. The first-order valence-corrected chi connectivity index (χ1v) is 12.6. The highest BCUT2D eigenvalue weighted by Gasteiger charge is 2.25. The fourth-order valence-corrected chi connectivity index (χ4v) is 5.64. The lowest BCUT2D eigenvalue weighted by molar-refractivity contribution is -0.140. The second-order valence-electron chi connectivity index (χ2n) is 6.94. The van der Waals surface area contributed by atoms with E-state index in [4.69, 9.17) is 4.74 Å². The molecule has 0 aliphatic heterocycles. The van der Waals surface area contributed by atoms with Gasteiger partial charge in [0.1, 0.15) is 0 Å². The number of esters is 1. The smallest absolute Gasteiger partial charge is 0.306 e. The van der Waals surface area contributed by atoms with E-state index < -0.39 is 21.7 Å². The molecule has 3 rings (SSSR count). The van der Waals surface area contributed by atoms with Gasteiger partial charge in [-0.1, -0.05) is 42.1 Å². The molecule has 0 bridgehead atoms. The van der Waals surface area contributed by atoms with E-state index in [1.807, 2.05) is 54.6 Å². The maximum Gasteiger partial charge on any atom is 0.306 e. The van der Waals surface area contributed by atoms with Crippen molar-refractivity contribution in [3.63, 3.8) is 0 Å². The number of benzene rings is 3. The minimum atomic E-state index is -3.61. The molecule has 0 N–H and O–H groups in total. The van der Waals surface area contributed by atoms with Gasteiger partial charge in [0.15, 0.2) is 9.84 Å². The molecule has 32 heavy (non-hydrogen) atoms. The van der Waals surface area contributed by atoms with Crippen LogP contribution in [0.2, 0.25) is 0 Å². The van der Waals surface area contributed by atoms with Crippen molar-refractivity contribution in [2.75, 3.05) is 12.9 Å². The lowest BCUT2D eigenvalue weighted by Crippen LogP contribution is -2.18. The summed E-state index contributed by atoms with van der Waals surface area (Å²) in [6, 6.07) is 23.4. The first kappa shape index (κ1) is 23.9. The minimum Gasteiger partial charge on any atom is -0.469 e. The van der Waals surface area contributed by atoms with E-state index >= 15 is 0 Å². The van der Waals surface area contributed by atoms with Gasteiger partial charge in [-0.15, -0.1) is 0 Å². The highest BCUT2D eigenvalue weighted by molar-refractivity contribution is 7.99. The van der Waals surface area contributed by atoms with Crippen LogP contribution in [0.5, 0.6) is 0 Å². The van der Waals surface area contributed by atoms with Crippen molar-refractivity contribution < 1.29 is 17.9 Å². The molecule has 0 aromatic heterocycles. The maximum absolute atomic E-state index is 13.1. The Kier molecular flexibility index (Phi) is 8.36. The molecule has 8 heteroatoms. The zero-order chi connectivity index (χ0) is 23.0. The minimum absolute atomic E-state index is 0.00303. The standard InChI is InChI=1S/C24H21NO4S3/c1-29-24(26)15-19(18-5-3-2-4-6-18)16-32(27,28)23-13-11-22(12-14-23)31-21-9-7-20(8-10-21)25-17-30/h2-14,19H,15-16H2,1H3. The number of ether oxygens (including phenoxy) is 1. The Bertz CT molecular complexity index is 1200.